The van der Waals surface area contributed by atoms with E-state index in [1.807, 2.05) is 43.3 Å². The van der Waals surface area contributed by atoms with Crippen LogP contribution in [-0.2, 0) is 9.98 Å². The van der Waals surface area contributed by atoms with Crippen molar-refractivity contribution in [2.45, 2.75) is 33.1 Å². The van der Waals surface area contributed by atoms with Crippen LogP contribution in [0.2, 0.25) is 0 Å². The van der Waals surface area contributed by atoms with Crippen molar-refractivity contribution in [1.29, 1.82) is 0 Å². The van der Waals surface area contributed by atoms with Crippen LogP contribution in [0.3, 0.4) is 0 Å². The van der Waals surface area contributed by atoms with Gasteiger partial charge in [-0.15, -0.1) is 10.2 Å². The van der Waals surface area contributed by atoms with Gasteiger partial charge in [0, 0.05) is 10.6 Å². The normalized spacial score (nSPS) is 13.6. The first-order valence-electron chi connectivity index (χ1n) is 11.4. The molecule has 0 saturated carbocycles. The molecule has 0 fully saturated rings. The van der Waals surface area contributed by atoms with Crippen LogP contribution in [-0.4, -0.2) is 10.2 Å². The Labute approximate surface area is 206 Å². The van der Waals surface area contributed by atoms with Gasteiger partial charge in [-0.2, -0.15) is 0 Å². The summed E-state index contributed by atoms with van der Waals surface area (Å²) in [7, 11) is -3.51. The van der Waals surface area contributed by atoms with Gasteiger partial charge in [-0.3, -0.25) is 0 Å². The maximum atomic E-state index is 14.9. The quantitative estimate of drug-likeness (QED) is 0.243. The highest BCUT2D eigenvalue weighted by molar-refractivity contribution is 7.85. The lowest BCUT2D eigenvalue weighted by molar-refractivity contribution is 0.475. The first-order chi connectivity index (χ1) is 16.6. The third-order valence-electron chi connectivity index (χ3n) is 5.92. The molecule has 0 radical (unpaired) electrons. The second kappa shape index (κ2) is 9.52. The standard InChI is InChI=1S/C29H29N2O3P/c1-20-14-17-28(26(33)18-20)35(34,22-10-6-5-7-11-22)27-13-9-8-12-23(27)30-31-24-19-21(29(2,3)4)15-16-25(24)32/h5-19,32-33H,1-4H3. The van der Waals surface area contributed by atoms with Gasteiger partial charge in [0.2, 0.25) is 0 Å². The van der Waals surface area contributed by atoms with Crippen molar-refractivity contribution in [3.8, 4) is 11.5 Å². The molecule has 0 aliphatic carbocycles. The molecule has 178 valence electrons. The first kappa shape index (κ1) is 24.4. The number of phenolic OH excluding ortho intramolecular Hbond substituents is 2. The van der Waals surface area contributed by atoms with Crippen molar-refractivity contribution in [2.24, 2.45) is 10.2 Å². The molecule has 6 heteroatoms. The molecule has 4 aromatic carbocycles. The van der Waals surface area contributed by atoms with Crippen LogP contribution in [0.1, 0.15) is 31.9 Å². The second-order valence-electron chi connectivity index (χ2n) is 9.58. The summed E-state index contributed by atoms with van der Waals surface area (Å²) in [4.78, 5) is 0. The summed E-state index contributed by atoms with van der Waals surface area (Å²) in [6, 6.07) is 26.7. The lowest BCUT2D eigenvalue weighted by Gasteiger charge is -2.22. The highest BCUT2D eigenvalue weighted by Gasteiger charge is 2.34. The summed E-state index contributed by atoms with van der Waals surface area (Å²) in [5.41, 5.74) is 2.49. The molecule has 35 heavy (non-hydrogen) atoms. The van der Waals surface area contributed by atoms with Crippen LogP contribution in [0.4, 0.5) is 11.4 Å². The summed E-state index contributed by atoms with van der Waals surface area (Å²) >= 11 is 0. The zero-order chi connectivity index (χ0) is 25.2. The summed E-state index contributed by atoms with van der Waals surface area (Å²) in [5.74, 6) is -0.0129. The highest BCUT2D eigenvalue weighted by atomic mass is 31.2. The molecule has 1 atom stereocenters. The van der Waals surface area contributed by atoms with Crippen molar-refractivity contribution in [1.82, 2.24) is 0 Å². The molecule has 0 aromatic heterocycles. The van der Waals surface area contributed by atoms with Crippen LogP contribution in [0.5, 0.6) is 11.5 Å². The van der Waals surface area contributed by atoms with Crippen molar-refractivity contribution >= 4 is 34.4 Å². The van der Waals surface area contributed by atoms with Gasteiger partial charge in [-0.05, 0) is 59.9 Å². The number of aryl methyl sites for hydroxylation is 1. The molecule has 0 spiro atoms. The van der Waals surface area contributed by atoms with Crippen molar-refractivity contribution in [3.63, 3.8) is 0 Å². The Morgan fingerprint density at radius 2 is 1.34 bits per heavy atom. The van der Waals surface area contributed by atoms with Crippen LogP contribution in [0.25, 0.3) is 0 Å². The van der Waals surface area contributed by atoms with E-state index in [9.17, 15) is 14.8 Å². The van der Waals surface area contributed by atoms with E-state index in [0.29, 0.717) is 27.3 Å². The summed E-state index contributed by atoms with van der Waals surface area (Å²) in [6.07, 6.45) is 0. The molecule has 4 aromatic rings. The number of benzene rings is 4. The van der Waals surface area contributed by atoms with Crippen molar-refractivity contribution in [3.05, 3.63) is 102 Å². The number of hydrogen-bond donors (Lipinski definition) is 2. The second-order valence-corrected chi connectivity index (χ2v) is 12.3. The molecule has 0 heterocycles. The molecule has 0 aliphatic heterocycles. The minimum absolute atomic E-state index is 0.0154. The van der Waals surface area contributed by atoms with Gasteiger partial charge in [0.25, 0.3) is 0 Å². The molecule has 0 amide bonds. The predicted octanol–water partition coefficient (Wildman–Crippen LogP) is 6.76. The van der Waals surface area contributed by atoms with Gasteiger partial charge < -0.3 is 14.8 Å². The Kier molecular flexibility index (Phi) is 6.64. The average Bonchev–Trinajstić information content (AvgIpc) is 2.83. The predicted molar refractivity (Wildman–Crippen MR) is 143 cm³/mol. The number of hydrogen-bond acceptors (Lipinski definition) is 5. The van der Waals surface area contributed by atoms with E-state index >= 15 is 0 Å². The van der Waals surface area contributed by atoms with Crippen LogP contribution < -0.4 is 15.9 Å². The maximum Gasteiger partial charge on any atom is 0.176 e. The monoisotopic (exact) mass is 484 g/mol. The van der Waals surface area contributed by atoms with E-state index in [0.717, 1.165) is 11.1 Å². The highest BCUT2D eigenvalue weighted by Crippen LogP contribution is 2.47. The molecule has 0 aliphatic rings. The van der Waals surface area contributed by atoms with E-state index in [-0.39, 0.29) is 16.9 Å². The average molecular weight is 485 g/mol. The Bertz CT molecular complexity index is 1440. The van der Waals surface area contributed by atoms with E-state index in [4.69, 9.17) is 0 Å². The molecule has 5 nitrogen and oxygen atoms in total. The van der Waals surface area contributed by atoms with Crippen LogP contribution in [0, 0.1) is 6.92 Å². The van der Waals surface area contributed by atoms with E-state index in [2.05, 4.69) is 31.0 Å². The third kappa shape index (κ3) is 4.91. The molecular formula is C29H29N2O3P. The minimum Gasteiger partial charge on any atom is -0.507 e. The zero-order valence-corrected chi connectivity index (χ0v) is 21.2. The summed E-state index contributed by atoms with van der Waals surface area (Å²) in [5, 5.41) is 31.4. The Balaban J connectivity index is 1.90. The van der Waals surface area contributed by atoms with E-state index < -0.39 is 7.14 Å². The van der Waals surface area contributed by atoms with Crippen LogP contribution >= 0.6 is 7.14 Å². The smallest absolute Gasteiger partial charge is 0.176 e. The van der Waals surface area contributed by atoms with Gasteiger partial charge in [0.05, 0.1) is 11.0 Å². The molecule has 2 N–H and O–H groups in total. The van der Waals surface area contributed by atoms with Gasteiger partial charge in [0.1, 0.15) is 17.2 Å². The lowest BCUT2D eigenvalue weighted by Crippen LogP contribution is -2.25. The first-order valence-corrected chi connectivity index (χ1v) is 13.1. The van der Waals surface area contributed by atoms with Crippen LogP contribution in [0.15, 0.2) is 101 Å². The third-order valence-corrected chi connectivity index (χ3v) is 9.06. The molecule has 1 unspecified atom stereocenters. The van der Waals surface area contributed by atoms with Gasteiger partial charge >= 0.3 is 0 Å². The number of azo groups is 1. The largest absolute Gasteiger partial charge is 0.507 e. The molecule has 0 saturated heterocycles. The zero-order valence-electron chi connectivity index (χ0n) is 20.3. The fourth-order valence-corrected chi connectivity index (χ4v) is 6.76. The Morgan fingerprint density at radius 1 is 0.686 bits per heavy atom. The fraction of sp³-hybridized carbons (Fsp3) is 0.172. The van der Waals surface area contributed by atoms with Crippen molar-refractivity contribution in [2.75, 3.05) is 0 Å². The number of nitrogens with zero attached hydrogens (tertiary/aromatic N) is 2. The summed E-state index contributed by atoms with van der Waals surface area (Å²) < 4.78 is 14.9. The number of phenols is 2. The fourth-order valence-electron chi connectivity index (χ4n) is 3.94. The molecular weight excluding hydrogens is 455 g/mol. The van der Waals surface area contributed by atoms with Gasteiger partial charge in [0.15, 0.2) is 7.14 Å². The topological polar surface area (TPSA) is 82.2 Å². The minimum atomic E-state index is -3.51. The Hall–Kier alpha value is -3.69. The Morgan fingerprint density at radius 3 is 2.03 bits per heavy atom. The summed E-state index contributed by atoms with van der Waals surface area (Å²) in [6.45, 7) is 8.12. The molecule has 0 bridgehead atoms. The maximum absolute atomic E-state index is 14.9. The number of rotatable bonds is 5. The number of aromatic hydroxyl groups is 2. The van der Waals surface area contributed by atoms with Gasteiger partial charge in [-0.25, -0.2) is 0 Å². The van der Waals surface area contributed by atoms with E-state index in [1.165, 1.54) is 0 Å². The molecule has 4 rings (SSSR count). The van der Waals surface area contributed by atoms with Crippen molar-refractivity contribution < 1.29 is 14.8 Å². The van der Waals surface area contributed by atoms with Gasteiger partial charge in [-0.1, -0.05) is 75.4 Å². The van der Waals surface area contributed by atoms with E-state index in [1.54, 1.807) is 54.6 Å². The lowest BCUT2D eigenvalue weighted by atomic mass is 9.87. The SMILES string of the molecule is Cc1ccc(P(=O)(c2ccccc2)c2ccccc2N=Nc2cc(C(C)(C)C)ccc2O)c(O)c1.